The van der Waals surface area contributed by atoms with Crippen molar-refractivity contribution in [3.05, 3.63) is 42.5 Å². The van der Waals surface area contributed by atoms with Crippen molar-refractivity contribution in [2.75, 3.05) is 0 Å². The Kier molecular flexibility index (Phi) is 4.49. The van der Waals surface area contributed by atoms with E-state index in [1.165, 1.54) is 5.56 Å². The maximum absolute atomic E-state index is 3.64. The monoisotopic (exact) mass is 211 g/mol. The van der Waals surface area contributed by atoms with Crippen LogP contribution in [-0.2, 0) is 26.8 Å². The van der Waals surface area contributed by atoms with Crippen molar-refractivity contribution in [1.29, 1.82) is 0 Å². The predicted octanol–water partition coefficient (Wildman–Crippen LogP) is 2.13. The van der Waals surface area contributed by atoms with Crippen LogP contribution in [0.25, 0.3) is 0 Å². The second-order valence-electron chi connectivity index (χ2n) is 1.79. The average Bonchev–Trinajstić information content (AvgIpc) is 2.19. The molecule has 0 heterocycles. The molecule has 0 atom stereocenters. The van der Waals surface area contributed by atoms with Gasteiger partial charge in [-0.15, -0.1) is 6.58 Å². The second kappa shape index (κ2) is 4.61. The quantitative estimate of drug-likeness (QED) is 0.399. The normalized spacial score (nSPS) is 8.00. The van der Waals surface area contributed by atoms with Crippen LogP contribution in [0.5, 0.6) is 0 Å². The molecule has 0 N–H and O–H groups in total. The van der Waals surface area contributed by atoms with E-state index >= 15 is 0 Å². The molecule has 0 saturated heterocycles. The van der Waals surface area contributed by atoms with E-state index < -0.39 is 0 Å². The Labute approximate surface area is 69.6 Å². The molecule has 0 aromatic heterocycles. The molecule has 0 saturated carbocycles. The molecule has 52 valence electrons. The van der Waals surface area contributed by atoms with Gasteiger partial charge in [0.05, 0.1) is 0 Å². The summed E-state index contributed by atoms with van der Waals surface area (Å²) in [6.07, 6.45) is 2.91. The molecule has 1 aromatic rings. The van der Waals surface area contributed by atoms with E-state index in [2.05, 4.69) is 18.7 Å². The zero-order chi connectivity index (χ0) is 5.82. The first-order valence-corrected chi connectivity index (χ1v) is 2.75. The van der Waals surface area contributed by atoms with Gasteiger partial charge in [0.15, 0.2) is 0 Å². The second-order valence-corrected chi connectivity index (χ2v) is 1.79. The van der Waals surface area contributed by atoms with Crippen LogP contribution in [0, 0.1) is 0 Å². The maximum Gasteiger partial charge on any atom is 0 e. The summed E-state index contributed by atoms with van der Waals surface area (Å²) in [5, 5.41) is 0. The Bertz CT molecular complexity index is 151. The third-order valence-corrected chi connectivity index (χ3v) is 1.11. The minimum atomic E-state index is 0. The summed E-state index contributed by atoms with van der Waals surface area (Å²) >= 11 is 0. The molecule has 0 unspecified atom stereocenters. The van der Waals surface area contributed by atoms with Crippen LogP contribution in [0.2, 0.25) is 0 Å². The number of hydrogen-bond donors (Lipinski definition) is 0. The Morgan fingerprint density at radius 1 is 1.33 bits per heavy atom. The molecular weight excluding hydrogens is 203 g/mol. The van der Waals surface area contributed by atoms with Gasteiger partial charge in [-0.05, 0) is 0 Å². The van der Waals surface area contributed by atoms with Crippen molar-refractivity contribution in [3.63, 3.8) is 0 Å². The van der Waals surface area contributed by atoms with E-state index in [1.807, 2.05) is 18.2 Å². The summed E-state index contributed by atoms with van der Waals surface area (Å²) < 4.78 is 0. The molecule has 0 radical (unpaired) electrons. The summed E-state index contributed by atoms with van der Waals surface area (Å²) in [5.41, 5.74) is 1.35. The molecule has 1 heteroatoms. The van der Waals surface area contributed by atoms with Crippen LogP contribution < -0.4 is 0 Å². The van der Waals surface area contributed by atoms with E-state index in [4.69, 9.17) is 0 Å². The SMILES string of the molecule is C=CC[c-]1cccc1.[Pd]. The van der Waals surface area contributed by atoms with Gasteiger partial charge in [-0.1, -0.05) is 12.5 Å². The fraction of sp³-hybridized carbons (Fsp3) is 0.125. The van der Waals surface area contributed by atoms with E-state index in [-0.39, 0.29) is 20.4 Å². The minimum absolute atomic E-state index is 0. The van der Waals surface area contributed by atoms with E-state index in [9.17, 15) is 0 Å². The molecule has 0 aliphatic heterocycles. The molecule has 9 heavy (non-hydrogen) atoms. The molecular formula is C8H9Pd-. The fourth-order valence-corrected chi connectivity index (χ4v) is 0.717. The largest absolute Gasteiger partial charge is 0.213 e. The summed E-state index contributed by atoms with van der Waals surface area (Å²) in [6.45, 7) is 3.64. The van der Waals surface area contributed by atoms with Gasteiger partial charge in [-0.2, -0.15) is 17.7 Å². The third-order valence-electron chi connectivity index (χ3n) is 1.11. The molecule has 0 aliphatic rings. The molecule has 0 bridgehead atoms. The van der Waals surface area contributed by atoms with Gasteiger partial charge >= 0.3 is 0 Å². The first kappa shape index (κ1) is 8.75. The van der Waals surface area contributed by atoms with E-state index in [1.54, 1.807) is 0 Å². The summed E-state index contributed by atoms with van der Waals surface area (Å²) in [4.78, 5) is 0. The van der Waals surface area contributed by atoms with Crippen molar-refractivity contribution < 1.29 is 20.4 Å². The molecule has 1 aromatic carbocycles. The topological polar surface area (TPSA) is 0 Å². The molecule has 0 spiro atoms. The molecule has 0 amide bonds. The van der Waals surface area contributed by atoms with Crippen LogP contribution in [0.4, 0.5) is 0 Å². The first-order valence-electron chi connectivity index (χ1n) is 2.75. The Morgan fingerprint density at radius 3 is 2.33 bits per heavy atom. The number of hydrogen-bond acceptors (Lipinski definition) is 0. The van der Waals surface area contributed by atoms with Gasteiger partial charge in [0, 0.05) is 20.4 Å². The molecule has 0 aliphatic carbocycles. The standard InChI is InChI=1S/C8H9.Pd/c1-2-5-8-6-3-4-7-8;/h2-4,6-7H,1,5H2;/q-1;. The third kappa shape index (κ3) is 2.70. The van der Waals surface area contributed by atoms with Crippen molar-refractivity contribution in [2.24, 2.45) is 0 Å². The van der Waals surface area contributed by atoms with Crippen LogP contribution in [0.1, 0.15) is 5.56 Å². The van der Waals surface area contributed by atoms with Crippen molar-refractivity contribution in [2.45, 2.75) is 6.42 Å². The van der Waals surface area contributed by atoms with Gasteiger partial charge in [0.25, 0.3) is 0 Å². The smallest absolute Gasteiger partial charge is 0 e. The predicted molar refractivity (Wildman–Crippen MR) is 35.9 cm³/mol. The van der Waals surface area contributed by atoms with E-state index in [0.29, 0.717) is 0 Å². The molecule has 1 rings (SSSR count). The van der Waals surface area contributed by atoms with Gasteiger partial charge in [-0.3, -0.25) is 0 Å². The van der Waals surface area contributed by atoms with Gasteiger partial charge in [0.1, 0.15) is 0 Å². The number of rotatable bonds is 2. The average molecular weight is 212 g/mol. The van der Waals surface area contributed by atoms with Crippen molar-refractivity contribution in [3.8, 4) is 0 Å². The first-order chi connectivity index (χ1) is 3.93. The van der Waals surface area contributed by atoms with Crippen LogP contribution >= 0.6 is 0 Å². The maximum atomic E-state index is 3.64. The minimum Gasteiger partial charge on any atom is -0.213 e. The molecule has 0 nitrogen and oxygen atoms in total. The van der Waals surface area contributed by atoms with Crippen LogP contribution in [-0.4, -0.2) is 0 Å². The molecule has 0 fully saturated rings. The summed E-state index contributed by atoms with van der Waals surface area (Å²) in [5.74, 6) is 0. The summed E-state index contributed by atoms with van der Waals surface area (Å²) in [6, 6.07) is 8.28. The van der Waals surface area contributed by atoms with Gasteiger partial charge in [0.2, 0.25) is 0 Å². The van der Waals surface area contributed by atoms with Crippen molar-refractivity contribution in [1.82, 2.24) is 0 Å². The van der Waals surface area contributed by atoms with Crippen LogP contribution in [0.15, 0.2) is 36.9 Å². The van der Waals surface area contributed by atoms with Gasteiger partial charge < -0.3 is 0 Å². The fourth-order valence-electron chi connectivity index (χ4n) is 0.717. The zero-order valence-electron chi connectivity index (χ0n) is 5.12. The van der Waals surface area contributed by atoms with Crippen molar-refractivity contribution >= 4 is 0 Å². The Morgan fingerprint density at radius 2 is 1.89 bits per heavy atom. The van der Waals surface area contributed by atoms with Crippen LogP contribution in [0.3, 0.4) is 0 Å². The summed E-state index contributed by atoms with van der Waals surface area (Å²) in [7, 11) is 0. The van der Waals surface area contributed by atoms with E-state index in [0.717, 1.165) is 6.42 Å². The number of allylic oxidation sites excluding steroid dienone is 1. The van der Waals surface area contributed by atoms with Gasteiger partial charge in [-0.25, -0.2) is 12.1 Å². The zero-order valence-corrected chi connectivity index (χ0v) is 6.67. The Balaban J connectivity index is 0.000000640. The Hall–Kier alpha value is -0.248.